The topological polar surface area (TPSA) is 109 Å². The number of benzene rings is 2. The van der Waals surface area contributed by atoms with Crippen molar-refractivity contribution in [2.75, 3.05) is 0 Å². The highest BCUT2D eigenvalue weighted by atomic mass is 16.4. The van der Waals surface area contributed by atoms with Crippen LogP contribution in [0.25, 0.3) is 28.7 Å². The molecule has 0 amide bonds. The van der Waals surface area contributed by atoms with Crippen molar-refractivity contribution in [2.24, 2.45) is 0 Å². The lowest BCUT2D eigenvalue weighted by Crippen LogP contribution is -2.22. The summed E-state index contributed by atoms with van der Waals surface area (Å²) in [5, 5.41) is 18.6. The minimum absolute atomic E-state index is 0.0627. The van der Waals surface area contributed by atoms with E-state index in [0.29, 0.717) is 28.0 Å². The van der Waals surface area contributed by atoms with Crippen molar-refractivity contribution in [3.8, 4) is 11.8 Å². The number of hydrogen-bond acceptors (Lipinski definition) is 5. The Balaban J connectivity index is 1.91. The van der Waals surface area contributed by atoms with E-state index >= 15 is 0 Å². The Morgan fingerprint density at radius 1 is 1.10 bits per heavy atom. The third-order valence-corrected chi connectivity index (χ3v) is 4.51. The molecule has 2 aromatic heterocycles. The summed E-state index contributed by atoms with van der Waals surface area (Å²) in [6, 6.07) is 16.8. The standard InChI is InChI=1S/C23H14N4O3/c24-13-16-6-4-15(5-7-16)8-9-21-26-20-10-11-25-14-19(20)22(28)27(21)18-3-1-2-17(12-18)23(29)30/h1-12,14H,(H,29,30)/b9-8+. The molecule has 0 aliphatic carbocycles. The first-order chi connectivity index (χ1) is 14.6. The van der Waals surface area contributed by atoms with Gasteiger partial charge in [0, 0.05) is 12.4 Å². The zero-order valence-electron chi connectivity index (χ0n) is 15.6. The van der Waals surface area contributed by atoms with Crippen molar-refractivity contribution in [2.45, 2.75) is 0 Å². The molecule has 0 fully saturated rings. The first-order valence-corrected chi connectivity index (χ1v) is 8.95. The molecule has 2 aromatic carbocycles. The van der Waals surface area contributed by atoms with Crippen LogP contribution < -0.4 is 5.56 Å². The molecule has 0 bridgehead atoms. The third kappa shape index (κ3) is 3.57. The highest BCUT2D eigenvalue weighted by molar-refractivity contribution is 5.88. The number of aromatic nitrogens is 3. The SMILES string of the molecule is N#Cc1ccc(/C=C/c2nc3ccncc3c(=O)n2-c2cccc(C(=O)O)c2)cc1. The second-order valence-electron chi connectivity index (χ2n) is 6.43. The predicted molar refractivity (Wildman–Crippen MR) is 112 cm³/mol. The van der Waals surface area contributed by atoms with Gasteiger partial charge < -0.3 is 5.11 Å². The van der Waals surface area contributed by atoms with Crippen LogP contribution in [0.5, 0.6) is 0 Å². The van der Waals surface area contributed by atoms with Crippen LogP contribution in [0.2, 0.25) is 0 Å². The number of hydrogen-bond donors (Lipinski definition) is 1. The van der Waals surface area contributed by atoms with Crippen LogP contribution >= 0.6 is 0 Å². The minimum atomic E-state index is -1.09. The lowest BCUT2D eigenvalue weighted by atomic mass is 10.1. The first kappa shape index (κ1) is 18.8. The van der Waals surface area contributed by atoms with Crippen molar-refractivity contribution in [1.29, 1.82) is 5.26 Å². The van der Waals surface area contributed by atoms with E-state index in [4.69, 9.17) is 5.26 Å². The van der Waals surface area contributed by atoms with E-state index in [1.807, 2.05) is 0 Å². The quantitative estimate of drug-likeness (QED) is 0.567. The first-order valence-electron chi connectivity index (χ1n) is 8.95. The Morgan fingerprint density at radius 3 is 2.63 bits per heavy atom. The van der Waals surface area contributed by atoms with Gasteiger partial charge in [0.2, 0.25) is 0 Å². The molecule has 0 aliphatic rings. The van der Waals surface area contributed by atoms with Gasteiger partial charge in [-0.2, -0.15) is 5.26 Å². The molecule has 0 atom stereocenters. The predicted octanol–water partition coefficient (Wildman–Crippen LogP) is 3.52. The molecule has 4 aromatic rings. The highest BCUT2D eigenvalue weighted by Crippen LogP contribution is 2.16. The van der Waals surface area contributed by atoms with E-state index in [1.54, 1.807) is 60.8 Å². The maximum atomic E-state index is 13.2. The summed E-state index contributed by atoms with van der Waals surface area (Å²) < 4.78 is 1.36. The Morgan fingerprint density at radius 2 is 1.90 bits per heavy atom. The van der Waals surface area contributed by atoms with Crippen LogP contribution in [0, 0.1) is 11.3 Å². The zero-order valence-corrected chi connectivity index (χ0v) is 15.6. The summed E-state index contributed by atoms with van der Waals surface area (Å²) in [5.41, 5.74) is 1.95. The molecule has 0 aliphatic heterocycles. The molecule has 0 radical (unpaired) electrons. The summed E-state index contributed by atoms with van der Waals surface area (Å²) in [5.74, 6) is -0.749. The number of fused-ring (bicyclic) bond motifs is 1. The fourth-order valence-electron chi connectivity index (χ4n) is 3.03. The number of carbonyl (C=O) groups is 1. The summed E-state index contributed by atoms with van der Waals surface area (Å²) in [4.78, 5) is 33.1. The fraction of sp³-hybridized carbons (Fsp3) is 0. The van der Waals surface area contributed by atoms with E-state index in [9.17, 15) is 14.7 Å². The number of aromatic carboxylic acids is 1. The molecule has 1 N–H and O–H groups in total. The van der Waals surface area contributed by atoms with E-state index in [-0.39, 0.29) is 11.1 Å². The number of nitriles is 1. The van der Waals surface area contributed by atoms with Crippen molar-refractivity contribution >= 4 is 29.0 Å². The van der Waals surface area contributed by atoms with E-state index in [0.717, 1.165) is 5.56 Å². The Labute approximate surface area is 170 Å². The van der Waals surface area contributed by atoms with Crippen molar-refractivity contribution < 1.29 is 9.90 Å². The Kier molecular flexibility index (Phi) is 4.89. The number of carboxylic acid groups (broad SMARTS) is 1. The average molecular weight is 394 g/mol. The number of rotatable bonds is 4. The number of carboxylic acids is 1. The maximum absolute atomic E-state index is 13.2. The summed E-state index contributed by atoms with van der Waals surface area (Å²) in [6.07, 6.45) is 6.44. The van der Waals surface area contributed by atoms with Gasteiger partial charge >= 0.3 is 5.97 Å². The smallest absolute Gasteiger partial charge is 0.335 e. The Bertz CT molecular complexity index is 1400. The zero-order chi connectivity index (χ0) is 21.1. The van der Waals surface area contributed by atoms with Crippen LogP contribution in [-0.4, -0.2) is 25.6 Å². The molecule has 2 heterocycles. The number of pyridine rings is 1. The molecule has 0 spiro atoms. The lowest BCUT2D eigenvalue weighted by molar-refractivity contribution is 0.0697. The monoisotopic (exact) mass is 394 g/mol. The second kappa shape index (κ2) is 7.81. The fourth-order valence-corrected chi connectivity index (χ4v) is 3.03. The third-order valence-electron chi connectivity index (χ3n) is 4.51. The Hall–Kier alpha value is -4.57. The molecule has 7 nitrogen and oxygen atoms in total. The van der Waals surface area contributed by atoms with Crippen molar-refractivity contribution in [3.63, 3.8) is 0 Å². The second-order valence-corrected chi connectivity index (χ2v) is 6.43. The molecule has 0 saturated heterocycles. The molecular weight excluding hydrogens is 380 g/mol. The summed E-state index contributed by atoms with van der Waals surface area (Å²) >= 11 is 0. The van der Waals surface area contributed by atoms with E-state index in [2.05, 4.69) is 16.0 Å². The summed E-state index contributed by atoms with van der Waals surface area (Å²) in [7, 11) is 0. The van der Waals surface area contributed by atoms with Crippen LogP contribution in [0.1, 0.15) is 27.3 Å². The largest absolute Gasteiger partial charge is 0.478 e. The van der Waals surface area contributed by atoms with Gasteiger partial charge in [-0.3, -0.25) is 14.3 Å². The normalized spacial score (nSPS) is 10.9. The van der Waals surface area contributed by atoms with Crippen LogP contribution in [0.4, 0.5) is 0 Å². The molecular formula is C23H14N4O3. The lowest BCUT2D eigenvalue weighted by Gasteiger charge is -2.12. The molecule has 0 saturated carbocycles. The maximum Gasteiger partial charge on any atom is 0.335 e. The van der Waals surface area contributed by atoms with Gasteiger partial charge in [0.1, 0.15) is 5.82 Å². The highest BCUT2D eigenvalue weighted by Gasteiger charge is 2.13. The van der Waals surface area contributed by atoms with Gasteiger partial charge in [-0.25, -0.2) is 9.78 Å². The molecule has 7 heteroatoms. The van der Waals surface area contributed by atoms with Gasteiger partial charge in [-0.1, -0.05) is 24.3 Å². The van der Waals surface area contributed by atoms with Gasteiger partial charge in [0.15, 0.2) is 0 Å². The van der Waals surface area contributed by atoms with E-state index < -0.39 is 5.97 Å². The van der Waals surface area contributed by atoms with Crippen LogP contribution in [0.15, 0.2) is 71.8 Å². The van der Waals surface area contributed by atoms with Crippen molar-refractivity contribution in [3.05, 3.63) is 99.9 Å². The van der Waals surface area contributed by atoms with Crippen LogP contribution in [0.3, 0.4) is 0 Å². The van der Waals surface area contributed by atoms with E-state index in [1.165, 1.54) is 22.9 Å². The minimum Gasteiger partial charge on any atom is -0.478 e. The van der Waals surface area contributed by atoms with Crippen LogP contribution in [-0.2, 0) is 0 Å². The molecule has 0 unspecified atom stereocenters. The van der Waals surface area contributed by atoms with Gasteiger partial charge in [-0.15, -0.1) is 0 Å². The number of nitrogens with zero attached hydrogens (tertiary/aromatic N) is 4. The average Bonchev–Trinajstić information content (AvgIpc) is 2.78. The van der Waals surface area contributed by atoms with Gasteiger partial charge in [0.05, 0.1) is 33.8 Å². The van der Waals surface area contributed by atoms with Gasteiger partial charge in [-0.05, 0) is 48.0 Å². The molecule has 144 valence electrons. The van der Waals surface area contributed by atoms with Gasteiger partial charge in [0.25, 0.3) is 5.56 Å². The molecule has 30 heavy (non-hydrogen) atoms. The summed E-state index contributed by atoms with van der Waals surface area (Å²) in [6.45, 7) is 0. The van der Waals surface area contributed by atoms with Crippen molar-refractivity contribution in [1.82, 2.24) is 14.5 Å². The molecule has 4 rings (SSSR count).